The van der Waals surface area contributed by atoms with Gasteiger partial charge >= 0.3 is 11.9 Å². The first-order valence-electron chi connectivity index (χ1n) is 8.07. The molecule has 0 radical (unpaired) electrons. The van der Waals surface area contributed by atoms with Gasteiger partial charge in [-0.2, -0.15) is 0 Å². The molecule has 0 heterocycles. The largest absolute Gasteiger partial charge is 0.468 e. The van der Waals surface area contributed by atoms with Crippen molar-refractivity contribution in [3.05, 3.63) is 12.2 Å². The van der Waals surface area contributed by atoms with E-state index in [0.717, 1.165) is 25.2 Å². The van der Waals surface area contributed by atoms with Gasteiger partial charge in [-0.1, -0.05) is 12.2 Å². The quantitative estimate of drug-likeness (QED) is 0.592. The first-order valence-corrected chi connectivity index (χ1v) is 8.07. The topological polar surface area (TPSA) is 52.6 Å². The van der Waals surface area contributed by atoms with Gasteiger partial charge in [0.05, 0.1) is 18.4 Å². The van der Waals surface area contributed by atoms with Crippen LogP contribution in [0, 0.1) is 23.2 Å². The Morgan fingerprint density at radius 2 is 1.90 bits per heavy atom. The predicted octanol–water partition coefficient (Wildman–Crippen LogP) is 2.62. The van der Waals surface area contributed by atoms with Crippen molar-refractivity contribution in [2.45, 2.75) is 50.5 Å². The minimum Gasteiger partial charge on any atom is -0.468 e. The van der Waals surface area contributed by atoms with Crippen molar-refractivity contribution in [1.29, 1.82) is 0 Å². The van der Waals surface area contributed by atoms with Crippen molar-refractivity contribution < 1.29 is 19.1 Å². The van der Waals surface area contributed by atoms with Crippen LogP contribution < -0.4 is 0 Å². The van der Waals surface area contributed by atoms with Crippen molar-refractivity contribution >= 4 is 11.9 Å². The van der Waals surface area contributed by atoms with Crippen LogP contribution in [0.2, 0.25) is 0 Å². The molecule has 4 rings (SSSR count). The van der Waals surface area contributed by atoms with Gasteiger partial charge in [0, 0.05) is 0 Å². The minimum absolute atomic E-state index is 0.0855. The van der Waals surface area contributed by atoms with E-state index >= 15 is 0 Å². The third kappa shape index (κ3) is 1.87. The lowest BCUT2D eigenvalue weighted by Gasteiger charge is -2.30. The molecule has 3 unspecified atom stereocenters. The van der Waals surface area contributed by atoms with E-state index in [4.69, 9.17) is 9.47 Å². The van der Waals surface area contributed by atoms with Crippen LogP contribution in [-0.2, 0) is 19.1 Å². The minimum atomic E-state index is -0.575. The lowest BCUT2D eigenvalue weighted by Crippen LogP contribution is -2.35. The summed E-state index contributed by atoms with van der Waals surface area (Å²) in [7, 11) is 1.42. The average molecular weight is 290 g/mol. The van der Waals surface area contributed by atoms with Crippen LogP contribution in [0.4, 0.5) is 0 Å². The van der Waals surface area contributed by atoms with E-state index in [9.17, 15) is 9.59 Å². The summed E-state index contributed by atoms with van der Waals surface area (Å²) in [6.07, 6.45) is 10.7. The molecule has 3 fully saturated rings. The zero-order chi connectivity index (χ0) is 14.7. The molecule has 4 bridgehead atoms. The van der Waals surface area contributed by atoms with Gasteiger partial charge in [0.1, 0.15) is 5.60 Å². The SMILES string of the molecule is COC(=O)C12C=CC(C1)C(C(=O)OC13CCC(CC1)C3)C2. The number of hydrogen-bond acceptors (Lipinski definition) is 4. The number of esters is 2. The second-order valence-corrected chi connectivity index (χ2v) is 7.44. The molecule has 0 aliphatic heterocycles. The number of rotatable bonds is 3. The summed E-state index contributed by atoms with van der Waals surface area (Å²) in [5, 5.41) is 0. The second-order valence-electron chi connectivity index (χ2n) is 7.44. The van der Waals surface area contributed by atoms with E-state index in [1.807, 2.05) is 12.2 Å². The highest BCUT2D eigenvalue weighted by molar-refractivity contribution is 5.84. The maximum Gasteiger partial charge on any atom is 0.315 e. The normalized spacial score (nSPS) is 46.0. The zero-order valence-corrected chi connectivity index (χ0v) is 12.5. The van der Waals surface area contributed by atoms with Crippen LogP contribution in [-0.4, -0.2) is 24.6 Å². The Morgan fingerprint density at radius 1 is 1.14 bits per heavy atom. The van der Waals surface area contributed by atoms with Crippen molar-refractivity contribution in [1.82, 2.24) is 0 Å². The van der Waals surface area contributed by atoms with Gasteiger partial charge < -0.3 is 9.47 Å². The average Bonchev–Trinajstić information content (AvgIpc) is 3.24. The molecule has 0 aromatic rings. The number of methoxy groups -OCH3 is 1. The first kappa shape index (κ1) is 13.4. The molecule has 4 heteroatoms. The van der Waals surface area contributed by atoms with Crippen LogP contribution in [0.3, 0.4) is 0 Å². The van der Waals surface area contributed by atoms with E-state index in [1.165, 1.54) is 20.0 Å². The molecule has 114 valence electrons. The molecular formula is C17H22O4. The van der Waals surface area contributed by atoms with Crippen LogP contribution in [0.1, 0.15) is 44.9 Å². The highest BCUT2D eigenvalue weighted by Crippen LogP contribution is 2.55. The van der Waals surface area contributed by atoms with Gasteiger partial charge in [-0.3, -0.25) is 9.59 Å². The Kier molecular flexibility index (Phi) is 2.76. The fourth-order valence-corrected chi connectivity index (χ4v) is 5.10. The maximum absolute atomic E-state index is 12.6. The summed E-state index contributed by atoms with van der Waals surface area (Å²) in [6.45, 7) is 0. The summed E-state index contributed by atoms with van der Waals surface area (Å²) < 4.78 is 10.9. The molecule has 3 atom stereocenters. The van der Waals surface area contributed by atoms with Crippen molar-refractivity contribution in [2.24, 2.45) is 23.2 Å². The molecule has 21 heavy (non-hydrogen) atoms. The maximum atomic E-state index is 12.6. The van der Waals surface area contributed by atoms with Crippen LogP contribution in [0.5, 0.6) is 0 Å². The fourth-order valence-electron chi connectivity index (χ4n) is 5.10. The lowest BCUT2D eigenvalue weighted by atomic mass is 9.84. The Balaban J connectivity index is 1.47. The first-order chi connectivity index (χ1) is 10.1. The van der Waals surface area contributed by atoms with Crippen LogP contribution in [0.15, 0.2) is 12.2 Å². The smallest absolute Gasteiger partial charge is 0.315 e. The number of ether oxygens (including phenoxy) is 2. The molecule has 4 nitrogen and oxygen atoms in total. The number of carbonyl (C=O) groups excluding carboxylic acids is 2. The third-order valence-corrected chi connectivity index (χ3v) is 6.25. The Hall–Kier alpha value is -1.32. The summed E-state index contributed by atoms with van der Waals surface area (Å²) in [6, 6.07) is 0. The van der Waals surface area contributed by atoms with Crippen molar-refractivity contribution in [3.8, 4) is 0 Å². The van der Waals surface area contributed by atoms with Crippen molar-refractivity contribution in [3.63, 3.8) is 0 Å². The Bertz CT molecular complexity index is 515. The van der Waals surface area contributed by atoms with Gasteiger partial charge in [0.25, 0.3) is 0 Å². The standard InChI is InChI=1S/C17H22O4/c1-20-15(19)16-5-4-12(9-16)13(10-16)14(18)21-17-6-2-11(8-17)3-7-17/h4-5,11-13H,2-3,6-10H2,1H3. The van der Waals surface area contributed by atoms with Gasteiger partial charge in [0.2, 0.25) is 0 Å². The third-order valence-electron chi connectivity index (χ3n) is 6.25. The van der Waals surface area contributed by atoms with Gasteiger partial charge in [-0.15, -0.1) is 0 Å². The summed E-state index contributed by atoms with van der Waals surface area (Å²) in [5.41, 5.74) is -0.750. The summed E-state index contributed by atoms with van der Waals surface area (Å²) in [5.74, 6) is 0.447. The molecule has 3 saturated carbocycles. The summed E-state index contributed by atoms with van der Waals surface area (Å²) in [4.78, 5) is 24.6. The molecule has 0 amide bonds. The molecular weight excluding hydrogens is 268 g/mol. The van der Waals surface area contributed by atoms with E-state index in [1.54, 1.807) is 0 Å². The van der Waals surface area contributed by atoms with Gasteiger partial charge in [-0.25, -0.2) is 0 Å². The van der Waals surface area contributed by atoms with Crippen molar-refractivity contribution in [2.75, 3.05) is 7.11 Å². The molecule has 0 aromatic carbocycles. The van der Waals surface area contributed by atoms with E-state index in [-0.39, 0.29) is 29.4 Å². The summed E-state index contributed by atoms with van der Waals surface area (Å²) >= 11 is 0. The molecule has 4 aliphatic rings. The Morgan fingerprint density at radius 3 is 2.52 bits per heavy atom. The van der Waals surface area contributed by atoms with Crippen LogP contribution in [0.25, 0.3) is 0 Å². The predicted molar refractivity (Wildman–Crippen MR) is 75.2 cm³/mol. The van der Waals surface area contributed by atoms with E-state index < -0.39 is 5.41 Å². The molecule has 4 aliphatic carbocycles. The van der Waals surface area contributed by atoms with E-state index in [0.29, 0.717) is 12.8 Å². The number of hydrogen-bond donors (Lipinski definition) is 0. The number of allylic oxidation sites excluding steroid dienone is 1. The van der Waals surface area contributed by atoms with E-state index in [2.05, 4.69) is 0 Å². The zero-order valence-electron chi connectivity index (χ0n) is 12.5. The highest BCUT2D eigenvalue weighted by atomic mass is 16.6. The highest BCUT2D eigenvalue weighted by Gasteiger charge is 2.56. The lowest BCUT2D eigenvalue weighted by molar-refractivity contribution is -0.165. The monoisotopic (exact) mass is 290 g/mol. The number of carbonyl (C=O) groups is 2. The number of fused-ring (bicyclic) bond motifs is 4. The fraction of sp³-hybridized carbons (Fsp3) is 0.765. The van der Waals surface area contributed by atoms with Crippen LogP contribution >= 0.6 is 0 Å². The molecule has 0 spiro atoms. The molecule has 0 N–H and O–H groups in total. The second kappa shape index (κ2) is 4.34. The molecule has 0 aromatic heterocycles. The molecule has 0 saturated heterocycles. The van der Waals surface area contributed by atoms with Gasteiger partial charge in [-0.05, 0) is 56.8 Å². The van der Waals surface area contributed by atoms with Gasteiger partial charge in [0.15, 0.2) is 0 Å². The Labute approximate surface area is 124 Å².